The Bertz CT molecular complexity index is 770. The van der Waals surface area contributed by atoms with Crippen molar-refractivity contribution >= 4 is 23.6 Å². The second-order valence-electron chi connectivity index (χ2n) is 4.86. The fourth-order valence-corrected chi connectivity index (χ4v) is 2.00. The predicted molar refractivity (Wildman–Crippen MR) is 90.4 cm³/mol. The molecule has 24 heavy (non-hydrogen) atoms. The minimum absolute atomic E-state index is 0.292. The summed E-state index contributed by atoms with van der Waals surface area (Å²) in [4.78, 5) is 24.0. The van der Waals surface area contributed by atoms with E-state index < -0.39 is 5.91 Å². The van der Waals surface area contributed by atoms with Crippen LogP contribution in [-0.4, -0.2) is 26.0 Å². The van der Waals surface area contributed by atoms with Crippen molar-refractivity contribution in [2.75, 3.05) is 19.5 Å². The van der Waals surface area contributed by atoms with Gasteiger partial charge in [0.15, 0.2) is 0 Å². The van der Waals surface area contributed by atoms with Gasteiger partial charge in [-0.05, 0) is 42.0 Å². The molecule has 0 aliphatic carbocycles. The van der Waals surface area contributed by atoms with E-state index in [1.54, 1.807) is 30.3 Å². The van der Waals surface area contributed by atoms with E-state index in [4.69, 9.17) is 4.74 Å². The van der Waals surface area contributed by atoms with Gasteiger partial charge in [-0.1, -0.05) is 12.1 Å². The average Bonchev–Trinajstić information content (AvgIpc) is 2.61. The maximum absolute atomic E-state index is 12.8. The third kappa shape index (κ3) is 4.42. The molecule has 2 rings (SSSR count). The van der Waals surface area contributed by atoms with Gasteiger partial charge >= 0.3 is 0 Å². The van der Waals surface area contributed by atoms with Crippen LogP contribution in [0.15, 0.2) is 48.5 Å². The molecule has 0 unspecified atom stereocenters. The molecule has 0 saturated carbocycles. The molecule has 0 spiro atoms. The number of ether oxygens (including phenoxy) is 1. The molecule has 0 saturated heterocycles. The first kappa shape index (κ1) is 17.2. The highest BCUT2D eigenvalue weighted by Gasteiger charge is 2.12. The molecule has 0 aromatic heterocycles. The Morgan fingerprint density at radius 3 is 2.46 bits per heavy atom. The smallest absolute Gasteiger partial charge is 0.253 e. The normalized spacial score (nSPS) is 10.5. The zero-order valence-corrected chi connectivity index (χ0v) is 13.3. The van der Waals surface area contributed by atoms with E-state index >= 15 is 0 Å². The fraction of sp³-hybridized carbons (Fsp3) is 0.111. The largest absolute Gasteiger partial charge is 0.497 e. The Hall–Kier alpha value is -3.15. The first-order valence-corrected chi connectivity index (χ1v) is 7.18. The molecule has 5 nitrogen and oxygen atoms in total. The van der Waals surface area contributed by atoms with E-state index in [9.17, 15) is 14.0 Å². The highest BCUT2D eigenvalue weighted by molar-refractivity contribution is 6.07. The van der Waals surface area contributed by atoms with Gasteiger partial charge < -0.3 is 15.4 Å². The summed E-state index contributed by atoms with van der Waals surface area (Å²) in [5, 5.41) is 5.15. The molecule has 2 amide bonds. The fourth-order valence-electron chi connectivity index (χ4n) is 2.00. The Morgan fingerprint density at radius 2 is 1.83 bits per heavy atom. The summed E-state index contributed by atoms with van der Waals surface area (Å²) >= 11 is 0. The van der Waals surface area contributed by atoms with Crippen molar-refractivity contribution in [3.05, 3.63) is 65.5 Å². The van der Waals surface area contributed by atoms with Crippen LogP contribution in [0.3, 0.4) is 0 Å². The molecule has 0 aliphatic rings. The van der Waals surface area contributed by atoms with Crippen molar-refractivity contribution in [2.24, 2.45) is 0 Å². The number of hydrogen-bond acceptors (Lipinski definition) is 3. The lowest BCUT2D eigenvalue weighted by molar-refractivity contribution is -0.111. The average molecular weight is 328 g/mol. The number of carbonyl (C=O) groups is 2. The number of nitrogens with one attached hydrogen (secondary N) is 2. The van der Waals surface area contributed by atoms with E-state index in [1.165, 1.54) is 38.4 Å². The molecule has 2 N–H and O–H groups in total. The highest BCUT2D eigenvalue weighted by Crippen LogP contribution is 2.22. The first-order chi connectivity index (χ1) is 11.5. The molecule has 0 bridgehead atoms. The molecule has 0 aliphatic heterocycles. The molecule has 0 radical (unpaired) electrons. The van der Waals surface area contributed by atoms with Crippen LogP contribution in [0.5, 0.6) is 5.75 Å². The molecule has 2 aromatic carbocycles. The van der Waals surface area contributed by atoms with Crippen LogP contribution in [0.1, 0.15) is 15.9 Å². The van der Waals surface area contributed by atoms with Gasteiger partial charge in [-0.3, -0.25) is 9.59 Å². The van der Waals surface area contributed by atoms with Crippen LogP contribution in [0, 0.1) is 5.82 Å². The Labute approximate surface area is 139 Å². The van der Waals surface area contributed by atoms with Gasteiger partial charge in [0, 0.05) is 13.1 Å². The Morgan fingerprint density at radius 1 is 1.12 bits per heavy atom. The van der Waals surface area contributed by atoms with Crippen molar-refractivity contribution in [3.63, 3.8) is 0 Å². The third-order valence-corrected chi connectivity index (χ3v) is 3.25. The minimum Gasteiger partial charge on any atom is -0.497 e. The summed E-state index contributed by atoms with van der Waals surface area (Å²) in [5.74, 6) is -0.583. The van der Waals surface area contributed by atoms with Gasteiger partial charge in [0.1, 0.15) is 11.6 Å². The summed E-state index contributed by atoms with van der Waals surface area (Å²) in [6, 6.07) is 10.5. The van der Waals surface area contributed by atoms with E-state index in [2.05, 4.69) is 10.6 Å². The van der Waals surface area contributed by atoms with Crippen LogP contribution in [0.2, 0.25) is 0 Å². The van der Waals surface area contributed by atoms with Crippen molar-refractivity contribution in [1.29, 1.82) is 0 Å². The minimum atomic E-state index is -0.408. The summed E-state index contributed by atoms with van der Waals surface area (Å²) in [7, 11) is 2.99. The molecule has 124 valence electrons. The quantitative estimate of drug-likeness (QED) is 0.830. The number of benzene rings is 2. The van der Waals surface area contributed by atoms with Gasteiger partial charge in [0.25, 0.3) is 5.91 Å². The summed E-state index contributed by atoms with van der Waals surface area (Å²) in [6.07, 6.45) is 2.86. The number of methoxy groups -OCH3 is 1. The monoisotopic (exact) mass is 328 g/mol. The van der Waals surface area contributed by atoms with Crippen molar-refractivity contribution in [2.45, 2.75) is 0 Å². The molecular weight excluding hydrogens is 311 g/mol. The van der Waals surface area contributed by atoms with Gasteiger partial charge in [-0.15, -0.1) is 0 Å². The standard InChI is InChI=1S/C18H17FN2O3/c1-20-18(23)15-11-14(24-2)8-9-16(15)21-17(22)10-5-12-3-6-13(19)7-4-12/h3-11H,1-2H3,(H,20,23)(H,21,22). The Balaban J connectivity index is 2.16. The summed E-state index contributed by atoms with van der Waals surface area (Å²) in [5.41, 5.74) is 1.34. The molecule has 0 fully saturated rings. The summed E-state index contributed by atoms with van der Waals surface area (Å²) < 4.78 is 17.9. The van der Waals surface area contributed by atoms with Crippen LogP contribution in [0.4, 0.5) is 10.1 Å². The SMILES string of the molecule is CNC(=O)c1cc(OC)ccc1NC(=O)C=Cc1ccc(F)cc1. The van der Waals surface area contributed by atoms with E-state index in [0.29, 0.717) is 22.6 Å². The van der Waals surface area contributed by atoms with Crippen LogP contribution in [-0.2, 0) is 4.79 Å². The van der Waals surface area contributed by atoms with Gasteiger partial charge in [0.2, 0.25) is 5.91 Å². The molecular formula is C18H17FN2O3. The van der Waals surface area contributed by atoms with Gasteiger partial charge in [-0.2, -0.15) is 0 Å². The number of anilines is 1. The third-order valence-electron chi connectivity index (χ3n) is 3.25. The predicted octanol–water partition coefficient (Wildman–Crippen LogP) is 2.85. The number of rotatable bonds is 5. The lowest BCUT2D eigenvalue weighted by atomic mass is 10.1. The van der Waals surface area contributed by atoms with E-state index in [1.807, 2.05) is 0 Å². The van der Waals surface area contributed by atoms with E-state index in [-0.39, 0.29) is 11.7 Å². The molecule has 2 aromatic rings. The molecule has 6 heteroatoms. The maximum Gasteiger partial charge on any atom is 0.253 e. The number of halogens is 1. The maximum atomic E-state index is 12.8. The second-order valence-corrected chi connectivity index (χ2v) is 4.86. The Kier molecular flexibility index (Phi) is 5.68. The lowest BCUT2D eigenvalue weighted by Gasteiger charge is -2.10. The summed E-state index contributed by atoms with van der Waals surface area (Å²) in [6.45, 7) is 0. The number of hydrogen-bond donors (Lipinski definition) is 2. The van der Waals surface area contributed by atoms with Crippen molar-refractivity contribution in [1.82, 2.24) is 5.32 Å². The van der Waals surface area contributed by atoms with E-state index in [0.717, 1.165) is 0 Å². The van der Waals surface area contributed by atoms with Crippen LogP contribution >= 0.6 is 0 Å². The number of carbonyl (C=O) groups excluding carboxylic acids is 2. The van der Waals surface area contributed by atoms with Crippen molar-refractivity contribution < 1.29 is 18.7 Å². The first-order valence-electron chi connectivity index (χ1n) is 7.18. The van der Waals surface area contributed by atoms with Crippen LogP contribution in [0.25, 0.3) is 6.08 Å². The van der Waals surface area contributed by atoms with Gasteiger partial charge in [-0.25, -0.2) is 4.39 Å². The highest BCUT2D eigenvalue weighted by atomic mass is 19.1. The second kappa shape index (κ2) is 7.92. The van der Waals surface area contributed by atoms with Crippen molar-refractivity contribution in [3.8, 4) is 5.75 Å². The topological polar surface area (TPSA) is 67.4 Å². The zero-order valence-electron chi connectivity index (χ0n) is 13.3. The molecule has 0 atom stereocenters. The number of amides is 2. The van der Waals surface area contributed by atoms with Crippen LogP contribution < -0.4 is 15.4 Å². The molecule has 0 heterocycles. The lowest BCUT2D eigenvalue weighted by Crippen LogP contribution is -2.21. The zero-order chi connectivity index (χ0) is 17.5. The van der Waals surface area contributed by atoms with Gasteiger partial charge in [0.05, 0.1) is 18.4 Å².